The van der Waals surface area contributed by atoms with E-state index in [1.165, 1.54) is 29.7 Å². The molecule has 1 atom stereocenters. The fourth-order valence-electron chi connectivity index (χ4n) is 3.68. The van der Waals surface area contributed by atoms with Gasteiger partial charge in [-0.2, -0.15) is 0 Å². The van der Waals surface area contributed by atoms with Gasteiger partial charge in [0.15, 0.2) is 0 Å². The molecule has 0 spiro atoms. The number of nitrogens with one attached hydrogen (secondary N) is 1. The first-order chi connectivity index (χ1) is 11.3. The molecule has 1 fully saturated rings. The smallest absolute Gasteiger partial charge is 0.237 e. The Kier molecular flexibility index (Phi) is 4.06. The van der Waals surface area contributed by atoms with E-state index >= 15 is 0 Å². The number of amides is 1. The van der Waals surface area contributed by atoms with Crippen LogP contribution in [0.1, 0.15) is 44.9 Å². The molecule has 1 aromatic rings. The molecule has 0 aliphatic heterocycles. The Hall–Kier alpha value is -1.48. The number of carbonyl (C=O) groups is 1. The third-order valence-corrected chi connectivity index (χ3v) is 6.64. The lowest BCUT2D eigenvalue weighted by molar-refractivity contribution is -0.121. The number of benzene rings is 1. The van der Waals surface area contributed by atoms with Crippen LogP contribution in [0.25, 0.3) is 0 Å². The second kappa shape index (κ2) is 6.20. The summed E-state index contributed by atoms with van der Waals surface area (Å²) in [4.78, 5) is 14.1. The molecule has 3 aliphatic carbocycles. The molecule has 120 valence electrons. The minimum absolute atomic E-state index is 0.224. The zero-order valence-corrected chi connectivity index (χ0v) is 14.2. The number of hydrogen-bond donors (Lipinski definition) is 1. The average Bonchev–Trinajstić information content (AvgIpc) is 3.37. The van der Waals surface area contributed by atoms with Gasteiger partial charge in [0.05, 0.1) is 10.8 Å². The van der Waals surface area contributed by atoms with Crippen molar-refractivity contribution in [3.63, 3.8) is 0 Å². The summed E-state index contributed by atoms with van der Waals surface area (Å²) in [6, 6.07) is 10.5. The number of rotatable bonds is 4. The third-order valence-electron chi connectivity index (χ3n) is 5.14. The van der Waals surface area contributed by atoms with Crippen molar-refractivity contribution >= 4 is 17.7 Å². The standard InChI is InChI=1S/C20H23NOS/c22-19(20(13-14-20)23-16-9-2-1-3-10-16)21-18-12-6-8-15-7-4-5-11-17(15)18/h1-3,5,9-11,18H,4,6-8,12-14H2,(H,21,22). The van der Waals surface area contributed by atoms with E-state index in [-0.39, 0.29) is 16.7 Å². The van der Waals surface area contributed by atoms with Crippen molar-refractivity contribution in [1.29, 1.82) is 0 Å². The van der Waals surface area contributed by atoms with Crippen molar-refractivity contribution in [1.82, 2.24) is 5.32 Å². The van der Waals surface area contributed by atoms with E-state index in [4.69, 9.17) is 0 Å². The third kappa shape index (κ3) is 3.12. The van der Waals surface area contributed by atoms with Crippen molar-refractivity contribution < 1.29 is 4.79 Å². The molecular formula is C20H23NOS. The number of thioether (sulfide) groups is 1. The first kappa shape index (κ1) is 15.1. The predicted molar refractivity (Wildman–Crippen MR) is 95.4 cm³/mol. The van der Waals surface area contributed by atoms with E-state index < -0.39 is 0 Å². The minimum Gasteiger partial charge on any atom is -0.348 e. The normalized spacial score (nSPS) is 25.0. The molecule has 4 rings (SSSR count). The van der Waals surface area contributed by atoms with Gasteiger partial charge in [0.1, 0.15) is 0 Å². The maximum Gasteiger partial charge on any atom is 0.237 e. The molecular weight excluding hydrogens is 302 g/mol. The van der Waals surface area contributed by atoms with E-state index in [9.17, 15) is 4.79 Å². The van der Waals surface area contributed by atoms with Crippen LogP contribution in [-0.2, 0) is 4.79 Å². The number of hydrogen-bond acceptors (Lipinski definition) is 2. The lowest BCUT2D eigenvalue weighted by Crippen LogP contribution is -2.43. The molecule has 0 saturated heterocycles. The molecule has 0 radical (unpaired) electrons. The Labute approximate surface area is 142 Å². The molecule has 1 N–H and O–H groups in total. The van der Waals surface area contributed by atoms with E-state index in [2.05, 4.69) is 29.6 Å². The molecule has 2 nitrogen and oxygen atoms in total. The Morgan fingerprint density at radius 1 is 1.17 bits per heavy atom. The van der Waals surface area contributed by atoms with Crippen LogP contribution in [0.2, 0.25) is 0 Å². The molecule has 0 bridgehead atoms. The Bertz CT molecular complexity index is 657. The highest BCUT2D eigenvalue weighted by atomic mass is 32.2. The van der Waals surface area contributed by atoms with Gasteiger partial charge >= 0.3 is 0 Å². The molecule has 1 aromatic carbocycles. The van der Waals surface area contributed by atoms with Gasteiger partial charge in [0.25, 0.3) is 0 Å². The molecule has 1 unspecified atom stereocenters. The summed E-state index contributed by atoms with van der Waals surface area (Å²) in [6.07, 6.45) is 12.4. The quantitative estimate of drug-likeness (QED) is 0.874. The van der Waals surface area contributed by atoms with E-state index in [0.717, 1.165) is 25.7 Å². The molecule has 1 saturated carbocycles. The van der Waals surface area contributed by atoms with Gasteiger partial charge in [-0.1, -0.05) is 35.9 Å². The zero-order valence-electron chi connectivity index (χ0n) is 13.4. The number of allylic oxidation sites excluding steroid dienone is 2. The van der Waals surface area contributed by atoms with Crippen LogP contribution in [-0.4, -0.2) is 16.7 Å². The average molecular weight is 325 g/mol. The van der Waals surface area contributed by atoms with Gasteiger partial charge in [-0.05, 0) is 62.7 Å². The molecule has 0 aromatic heterocycles. The predicted octanol–water partition coefficient (Wildman–Crippen LogP) is 4.63. The number of carbonyl (C=O) groups excluding carboxylic acids is 1. The Morgan fingerprint density at radius 2 is 2.00 bits per heavy atom. The van der Waals surface area contributed by atoms with Crippen molar-refractivity contribution in [2.45, 2.75) is 60.6 Å². The van der Waals surface area contributed by atoms with Gasteiger partial charge in [-0.3, -0.25) is 4.79 Å². The van der Waals surface area contributed by atoms with E-state index in [1.54, 1.807) is 17.3 Å². The summed E-state index contributed by atoms with van der Waals surface area (Å²) >= 11 is 1.74. The van der Waals surface area contributed by atoms with Crippen molar-refractivity contribution in [2.75, 3.05) is 0 Å². The Morgan fingerprint density at radius 3 is 2.78 bits per heavy atom. The van der Waals surface area contributed by atoms with Crippen LogP contribution in [0, 0.1) is 0 Å². The largest absolute Gasteiger partial charge is 0.348 e. The van der Waals surface area contributed by atoms with Crippen LogP contribution in [0.15, 0.2) is 58.5 Å². The summed E-state index contributed by atoms with van der Waals surface area (Å²) in [5.41, 5.74) is 2.97. The van der Waals surface area contributed by atoms with Gasteiger partial charge < -0.3 is 5.32 Å². The summed E-state index contributed by atoms with van der Waals surface area (Å²) in [5.74, 6) is 0.240. The van der Waals surface area contributed by atoms with Crippen molar-refractivity contribution in [2.24, 2.45) is 0 Å². The lowest BCUT2D eigenvalue weighted by Gasteiger charge is -2.31. The van der Waals surface area contributed by atoms with Crippen LogP contribution < -0.4 is 5.32 Å². The minimum atomic E-state index is -0.224. The highest BCUT2D eigenvalue weighted by Gasteiger charge is 2.51. The zero-order chi connectivity index (χ0) is 15.7. The summed E-state index contributed by atoms with van der Waals surface area (Å²) in [7, 11) is 0. The highest BCUT2D eigenvalue weighted by molar-refractivity contribution is 8.01. The van der Waals surface area contributed by atoms with Crippen molar-refractivity contribution in [3.05, 3.63) is 53.6 Å². The first-order valence-corrected chi connectivity index (χ1v) is 9.52. The van der Waals surface area contributed by atoms with Crippen LogP contribution >= 0.6 is 11.8 Å². The molecule has 3 heteroatoms. The lowest BCUT2D eigenvalue weighted by atomic mass is 9.82. The molecule has 3 aliphatic rings. The maximum absolute atomic E-state index is 12.9. The summed E-state index contributed by atoms with van der Waals surface area (Å²) in [6.45, 7) is 0. The van der Waals surface area contributed by atoms with E-state index in [1.807, 2.05) is 18.2 Å². The monoisotopic (exact) mass is 325 g/mol. The van der Waals surface area contributed by atoms with Gasteiger partial charge in [0, 0.05) is 4.90 Å². The second-order valence-electron chi connectivity index (χ2n) is 6.83. The topological polar surface area (TPSA) is 29.1 Å². The molecule has 23 heavy (non-hydrogen) atoms. The van der Waals surface area contributed by atoms with Crippen LogP contribution in [0.3, 0.4) is 0 Å². The fraction of sp³-hybridized carbons (Fsp3) is 0.450. The highest BCUT2D eigenvalue weighted by Crippen LogP contribution is 2.52. The molecule has 1 amide bonds. The summed E-state index contributed by atoms with van der Waals surface area (Å²) in [5, 5.41) is 3.37. The SMILES string of the molecule is O=C(NC1CCCC2=C1C=CCC2)C1(Sc2ccccc2)CC1. The van der Waals surface area contributed by atoms with Gasteiger partial charge in [0.2, 0.25) is 5.91 Å². The summed E-state index contributed by atoms with van der Waals surface area (Å²) < 4.78 is -0.224. The molecule has 0 heterocycles. The van der Waals surface area contributed by atoms with Crippen LogP contribution in [0.5, 0.6) is 0 Å². The van der Waals surface area contributed by atoms with E-state index in [0.29, 0.717) is 0 Å². The fourth-order valence-corrected chi connectivity index (χ4v) is 4.88. The Balaban J connectivity index is 1.46. The second-order valence-corrected chi connectivity index (χ2v) is 8.28. The van der Waals surface area contributed by atoms with Crippen LogP contribution in [0.4, 0.5) is 0 Å². The maximum atomic E-state index is 12.9. The first-order valence-electron chi connectivity index (χ1n) is 8.70. The van der Waals surface area contributed by atoms with Gasteiger partial charge in [-0.15, -0.1) is 11.8 Å². The van der Waals surface area contributed by atoms with Gasteiger partial charge in [-0.25, -0.2) is 0 Å². The van der Waals surface area contributed by atoms with Crippen molar-refractivity contribution in [3.8, 4) is 0 Å².